The SMILES string of the molecule is Cc1c(Cl)cccc1[C@]1(C)CC(C)[C@@H]2[C@@H](C1)C(C)(C)ON2C. The summed E-state index contributed by atoms with van der Waals surface area (Å²) in [4.78, 5) is 6.16. The first-order chi connectivity index (χ1) is 10.2. The molecule has 1 aliphatic carbocycles. The maximum Gasteiger partial charge on any atom is 0.0887 e. The molecule has 3 heteroatoms. The first-order valence-corrected chi connectivity index (χ1v) is 8.71. The number of fused-ring (bicyclic) bond motifs is 1. The Bertz CT molecular complexity index is 585. The molecule has 1 saturated heterocycles. The van der Waals surface area contributed by atoms with E-state index in [1.165, 1.54) is 17.5 Å². The van der Waals surface area contributed by atoms with E-state index in [1.54, 1.807) is 0 Å². The first kappa shape index (κ1) is 16.3. The minimum absolute atomic E-state index is 0.0954. The average molecular weight is 322 g/mol. The molecule has 2 nitrogen and oxygen atoms in total. The molecule has 1 aliphatic heterocycles. The Hall–Kier alpha value is -0.570. The summed E-state index contributed by atoms with van der Waals surface area (Å²) in [6.45, 7) is 11.4. The van der Waals surface area contributed by atoms with Crippen LogP contribution in [0.5, 0.6) is 0 Å². The maximum absolute atomic E-state index is 6.39. The van der Waals surface area contributed by atoms with Crippen molar-refractivity contribution in [2.24, 2.45) is 11.8 Å². The third kappa shape index (κ3) is 2.40. The Morgan fingerprint density at radius 2 is 1.91 bits per heavy atom. The zero-order chi connectivity index (χ0) is 16.3. The van der Waals surface area contributed by atoms with Crippen molar-refractivity contribution in [2.45, 2.75) is 64.5 Å². The van der Waals surface area contributed by atoms with Gasteiger partial charge in [-0.3, -0.25) is 4.84 Å². The summed E-state index contributed by atoms with van der Waals surface area (Å²) in [7, 11) is 2.09. The summed E-state index contributed by atoms with van der Waals surface area (Å²) < 4.78 is 0. The molecule has 2 fully saturated rings. The first-order valence-electron chi connectivity index (χ1n) is 8.33. The van der Waals surface area contributed by atoms with Crippen LogP contribution in [0.3, 0.4) is 0 Å². The summed E-state index contributed by atoms with van der Waals surface area (Å²) >= 11 is 6.39. The van der Waals surface area contributed by atoms with Crippen LogP contribution in [0.25, 0.3) is 0 Å². The number of nitrogens with zero attached hydrogens (tertiary/aromatic N) is 1. The van der Waals surface area contributed by atoms with Gasteiger partial charge in [-0.2, -0.15) is 5.06 Å². The summed E-state index contributed by atoms with van der Waals surface area (Å²) in [6.07, 6.45) is 2.33. The predicted octanol–water partition coefficient (Wildman–Crippen LogP) is 4.98. The van der Waals surface area contributed by atoms with Crippen LogP contribution in [0.15, 0.2) is 18.2 Å². The van der Waals surface area contributed by atoms with Crippen LogP contribution in [0, 0.1) is 18.8 Å². The van der Waals surface area contributed by atoms with Gasteiger partial charge in [0.2, 0.25) is 0 Å². The highest BCUT2D eigenvalue weighted by atomic mass is 35.5. The van der Waals surface area contributed by atoms with Crippen molar-refractivity contribution in [3.8, 4) is 0 Å². The fourth-order valence-electron chi connectivity index (χ4n) is 5.17. The van der Waals surface area contributed by atoms with Crippen molar-refractivity contribution in [2.75, 3.05) is 7.05 Å². The second kappa shape index (κ2) is 5.22. The average Bonchev–Trinajstić information content (AvgIpc) is 2.62. The van der Waals surface area contributed by atoms with Gasteiger partial charge < -0.3 is 0 Å². The molecule has 1 aromatic rings. The summed E-state index contributed by atoms with van der Waals surface area (Å²) in [5.74, 6) is 1.15. The van der Waals surface area contributed by atoms with Gasteiger partial charge in [-0.05, 0) is 62.1 Å². The highest BCUT2D eigenvalue weighted by Crippen LogP contribution is 2.53. The molecule has 1 heterocycles. The molecule has 0 amide bonds. The minimum Gasteiger partial charge on any atom is -0.293 e. The lowest BCUT2D eigenvalue weighted by atomic mass is 9.58. The zero-order valence-corrected chi connectivity index (χ0v) is 15.4. The second-order valence-corrected chi connectivity index (χ2v) is 8.60. The Balaban J connectivity index is 2.01. The van der Waals surface area contributed by atoms with Gasteiger partial charge in [0, 0.05) is 24.0 Å². The standard InChI is InChI=1S/C19H28ClNO/c1-12-10-19(5,14-8-7-9-16(20)13(14)2)11-15-17(12)21(6)22-18(15,3)4/h7-9,12,15,17H,10-11H2,1-6H3/t12?,15-,17-,19-/m1/s1. The van der Waals surface area contributed by atoms with Gasteiger partial charge in [0.1, 0.15) is 0 Å². The van der Waals surface area contributed by atoms with Crippen LogP contribution < -0.4 is 0 Å². The molecule has 122 valence electrons. The number of benzene rings is 1. The van der Waals surface area contributed by atoms with E-state index in [2.05, 4.69) is 58.9 Å². The van der Waals surface area contributed by atoms with Gasteiger partial charge in [-0.25, -0.2) is 0 Å². The lowest BCUT2D eigenvalue weighted by Gasteiger charge is -2.47. The molecule has 1 saturated carbocycles. The molecule has 0 bridgehead atoms. The van der Waals surface area contributed by atoms with Crippen LogP contribution in [-0.2, 0) is 10.3 Å². The molecule has 1 unspecified atom stereocenters. The number of hydroxylamine groups is 2. The topological polar surface area (TPSA) is 12.5 Å². The van der Waals surface area contributed by atoms with Gasteiger partial charge in [0.05, 0.1) is 5.60 Å². The third-order valence-electron chi connectivity index (χ3n) is 6.05. The van der Waals surface area contributed by atoms with Crippen molar-refractivity contribution >= 4 is 11.6 Å². The molecule has 0 aromatic heterocycles. The van der Waals surface area contributed by atoms with E-state index < -0.39 is 0 Å². The zero-order valence-electron chi connectivity index (χ0n) is 14.6. The largest absolute Gasteiger partial charge is 0.293 e. The van der Waals surface area contributed by atoms with Gasteiger partial charge in [-0.15, -0.1) is 0 Å². The van der Waals surface area contributed by atoms with E-state index in [1.807, 2.05) is 6.07 Å². The molecule has 3 rings (SSSR count). The number of hydrogen-bond donors (Lipinski definition) is 0. The van der Waals surface area contributed by atoms with Crippen LogP contribution in [-0.4, -0.2) is 23.8 Å². The summed E-state index contributed by atoms with van der Waals surface area (Å²) in [5, 5.41) is 2.99. The predicted molar refractivity (Wildman–Crippen MR) is 92.1 cm³/mol. The lowest BCUT2D eigenvalue weighted by Crippen LogP contribution is -2.48. The van der Waals surface area contributed by atoms with Crippen molar-refractivity contribution in [1.29, 1.82) is 0 Å². The van der Waals surface area contributed by atoms with E-state index in [0.29, 0.717) is 17.9 Å². The van der Waals surface area contributed by atoms with E-state index in [9.17, 15) is 0 Å². The second-order valence-electron chi connectivity index (χ2n) is 8.20. The van der Waals surface area contributed by atoms with Crippen LogP contribution >= 0.6 is 11.6 Å². The van der Waals surface area contributed by atoms with Gasteiger partial charge in [-0.1, -0.05) is 37.6 Å². The lowest BCUT2D eigenvalue weighted by molar-refractivity contribution is -0.182. The van der Waals surface area contributed by atoms with E-state index in [0.717, 1.165) is 11.4 Å². The normalized spacial score (nSPS) is 38.0. The monoisotopic (exact) mass is 321 g/mol. The van der Waals surface area contributed by atoms with Crippen molar-refractivity contribution in [3.63, 3.8) is 0 Å². The molecule has 4 atom stereocenters. The Morgan fingerprint density at radius 3 is 2.59 bits per heavy atom. The fraction of sp³-hybridized carbons (Fsp3) is 0.684. The van der Waals surface area contributed by atoms with Crippen LogP contribution in [0.2, 0.25) is 5.02 Å². The molecule has 0 spiro atoms. The van der Waals surface area contributed by atoms with E-state index >= 15 is 0 Å². The third-order valence-corrected chi connectivity index (χ3v) is 6.46. The van der Waals surface area contributed by atoms with Gasteiger partial charge in [0.25, 0.3) is 0 Å². The van der Waals surface area contributed by atoms with Crippen molar-refractivity contribution in [1.82, 2.24) is 5.06 Å². The van der Waals surface area contributed by atoms with Crippen LogP contribution in [0.4, 0.5) is 0 Å². The van der Waals surface area contributed by atoms with Gasteiger partial charge >= 0.3 is 0 Å². The Labute approximate surface area is 139 Å². The maximum atomic E-state index is 6.39. The van der Waals surface area contributed by atoms with E-state index in [4.69, 9.17) is 16.4 Å². The Kier molecular flexibility index (Phi) is 3.87. The molecule has 0 radical (unpaired) electrons. The highest BCUT2D eigenvalue weighted by molar-refractivity contribution is 6.31. The fourth-order valence-corrected chi connectivity index (χ4v) is 5.34. The minimum atomic E-state index is -0.0954. The summed E-state index contributed by atoms with van der Waals surface area (Å²) in [6, 6.07) is 6.87. The molecule has 0 N–H and O–H groups in total. The molecular weight excluding hydrogens is 294 g/mol. The number of hydrogen-bond acceptors (Lipinski definition) is 2. The quantitative estimate of drug-likeness (QED) is 0.723. The summed E-state index contributed by atoms with van der Waals surface area (Å²) in [5.41, 5.74) is 2.72. The molecule has 1 aromatic carbocycles. The smallest absolute Gasteiger partial charge is 0.0887 e. The molecular formula is C19H28ClNO. The van der Waals surface area contributed by atoms with Crippen LogP contribution in [0.1, 0.15) is 51.7 Å². The van der Waals surface area contributed by atoms with Crippen molar-refractivity contribution in [3.05, 3.63) is 34.3 Å². The van der Waals surface area contributed by atoms with Crippen molar-refractivity contribution < 1.29 is 4.84 Å². The van der Waals surface area contributed by atoms with E-state index in [-0.39, 0.29) is 11.0 Å². The molecule has 2 aliphatic rings. The highest BCUT2D eigenvalue weighted by Gasteiger charge is 2.55. The number of halogens is 1. The van der Waals surface area contributed by atoms with Gasteiger partial charge in [0.15, 0.2) is 0 Å². The number of rotatable bonds is 1. The Morgan fingerprint density at radius 1 is 1.23 bits per heavy atom. The molecule has 22 heavy (non-hydrogen) atoms.